The third-order valence-corrected chi connectivity index (χ3v) is 2.20. The van der Waals surface area contributed by atoms with Gasteiger partial charge in [-0.1, -0.05) is 45.8 Å². The molecule has 70 valence electrons. The van der Waals surface area contributed by atoms with Crippen molar-refractivity contribution >= 4 is 21.8 Å². The normalized spacial score (nSPS) is 9.69. The molecule has 0 aliphatic rings. The minimum atomic E-state index is 0.0153. The molecule has 3 heteroatoms. The van der Waals surface area contributed by atoms with Gasteiger partial charge >= 0.3 is 0 Å². The zero-order chi connectivity index (χ0) is 9.68. The van der Waals surface area contributed by atoms with E-state index >= 15 is 0 Å². The number of rotatable bonds is 3. The minimum Gasteiger partial charge on any atom is -0.351 e. The number of amides is 1. The molecule has 1 N–H and O–H groups in total. The van der Waals surface area contributed by atoms with E-state index in [1.165, 1.54) is 5.56 Å². The SMILES string of the molecule is Cc1cccc(CNC(=O)CBr)c1. The first-order chi connectivity index (χ1) is 6.22. The summed E-state index contributed by atoms with van der Waals surface area (Å²) in [5.74, 6) is 0.0153. The molecule has 0 unspecified atom stereocenters. The fraction of sp³-hybridized carbons (Fsp3) is 0.300. The number of carbonyl (C=O) groups excluding carboxylic acids is 1. The lowest BCUT2D eigenvalue weighted by molar-refractivity contribution is -0.118. The summed E-state index contributed by atoms with van der Waals surface area (Å²) in [4.78, 5) is 10.9. The second-order valence-corrected chi connectivity index (χ2v) is 3.46. The molecule has 0 radical (unpaired) electrons. The van der Waals surface area contributed by atoms with Gasteiger partial charge in [-0.15, -0.1) is 0 Å². The number of aryl methyl sites for hydroxylation is 1. The van der Waals surface area contributed by atoms with Crippen LogP contribution in [0.1, 0.15) is 11.1 Å². The Kier molecular flexibility index (Phi) is 3.96. The highest BCUT2D eigenvalue weighted by Gasteiger charge is 1.97. The Bertz CT molecular complexity index is 299. The van der Waals surface area contributed by atoms with Gasteiger partial charge in [0.2, 0.25) is 5.91 Å². The first-order valence-electron chi connectivity index (χ1n) is 4.10. The predicted molar refractivity (Wildman–Crippen MR) is 56.8 cm³/mol. The van der Waals surface area contributed by atoms with Gasteiger partial charge in [0, 0.05) is 6.54 Å². The van der Waals surface area contributed by atoms with Gasteiger partial charge in [-0.05, 0) is 12.5 Å². The summed E-state index contributed by atoms with van der Waals surface area (Å²) in [7, 11) is 0. The lowest BCUT2D eigenvalue weighted by Gasteiger charge is -2.03. The summed E-state index contributed by atoms with van der Waals surface area (Å²) in [5.41, 5.74) is 2.35. The van der Waals surface area contributed by atoms with E-state index in [4.69, 9.17) is 0 Å². The quantitative estimate of drug-likeness (QED) is 0.807. The van der Waals surface area contributed by atoms with Gasteiger partial charge in [0.25, 0.3) is 0 Å². The van der Waals surface area contributed by atoms with Crippen molar-refractivity contribution in [2.45, 2.75) is 13.5 Å². The Balaban J connectivity index is 2.50. The van der Waals surface area contributed by atoms with E-state index in [9.17, 15) is 4.79 Å². The van der Waals surface area contributed by atoms with Crippen molar-refractivity contribution in [3.63, 3.8) is 0 Å². The van der Waals surface area contributed by atoms with Crippen LogP contribution in [0.4, 0.5) is 0 Å². The topological polar surface area (TPSA) is 29.1 Å². The molecule has 0 spiro atoms. The summed E-state index contributed by atoms with van der Waals surface area (Å²) < 4.78 is 0. The fourth-order valence-electron chi connectivity index (χ4n) is 1.07. The first kappa shape index (κ1) is 10.3. The van der Waals surface area contributed by atoms with Crippen LogP contribution in [0.2, 0.25) is 0 Å². The van der Waals surface area contributed by atoms with E-state index in [1.54, 1.807) is 0 Å². The molecule has 0 aromatic heterocycles. The maximum absolute atomic E-state index is 10.9. The van der Waals surface area contributed by atoms with E-state index in [0.717, 1.165) is 5.56 Å². The van der Waals surface area contributed by atoms with Crippen LogP contribution in [-0.4, -0.2) is 11.2 Å². The van der Waals surface area contributed by atoms with E-state index < -0.39 is 0 Å². The number of benzene rings is 1. The van der Waals surface area contributed by atoms with Gasteiger partial charge < -0.3 is 5.32 Å². The van der Waals surface area contributed by atoms with Crippen molar-refractivity contribution in [2.75, 3.05) is 5.33 Å². The monoisotopic (exact) mass is 241 g/mol. The van der Waals surface area contributed by atoms with Crippen molar-refractivity contribution in [2.24, 2.45) is 0 Å². The van der Waals surface area contributed by atoms with Crippen molar-refractivity contribution in [1.82, 2.24) is 5.32 Å². The van der Waals surface area contributed by atoms with Crippen LogP contribution in [0.3, 0.4) is 0 Å². The third kappa shape index (κ3) is 3.59. The highest BCUT2D eigenvalue weighted by atomic mass is 79.9. The zero-order valence-corrected chi connectivity index (χ0v) is 9.10. The molecule has 1 aromatic rings. The molecule has 0 aliphatic carbocycles. The van der Waals surface area contributed by atoms with E-state index in [1.807, 2.05) is 25.1 Å². The molecule has 2 nitrogen and oxygen atoms in total. The molecular weight excluding hydrogens is 230 g/mol. The van der Waals surface area contributed by atoms with Gasteiger partial charge in [0.05, 0.1) is 5.33 Å². The molecule has 1 aromatic carbocycles. The van der Waals surface area contributed by atoms with Gasteiger partial charge in [-0.2, -0.15) is 0 Å². The summed E-state index contributed by atoms with van der Waals surface area (Å²) in [6.45, 7) is 2.64. The van der Waals surface area contributed by atoms with Crippen molar-refractivity contribution in [1.29, 1.82) is 0 Å². The molecule has 0 saturated heterocycles. The fourth-order valence-corrected chi connectivity index (χ4v) is 1.27. The van der Waals surface area contributed by atoms with Crippen LogP contribution in [0.25, 0.3) is 0 Å². The molecule has 0 saturated carbocycles. The number of nitrogens with one attached hydrogen (secondary N) is 1. The lowest BCUT2D eigenvalue weighted by atomic mass is 10.1. The Hall–Kier alpha value is -0.830. The summed E-state index contributed by atoms with van der Waals surface area (Å²) in [6, 6.07) is 8.09. The maximum atomic E-state index is 10.9. The molecule has 0 heterocycles. The number of hydrogen-bond acceptors (Lipinski definition) is 1. The smallest absolute Gasteiger partial charge is 0.230 e. The van der Waals surface area contributed by atoms with E-state index in [0.29, 0.717) is 11.9 Å². The second-order valence-electron chi connectivity index (χ2n) is 2.90. The molecule has 1 rings (SSSR count). The van der Waals surface area contributed by atoms with Crippen LogP contribution in [-0.2, 0) is 11.3 Å². The predicted octanol–water partition coefficient (Wildman–Crippen LogP) is 2.01. The first-order valence-corrected chi connectivity index (χ1v) is 5.22. The molecule has 0 aliphatic heterocycles. The number of alkyl halides is 1. The summed E-state index contributed by atoms with van der Waals surface area (Å²) >= 11 is 3.09. The zero-order valence-electron chi connectivity index (χ0n) is 7.51. The second kappa shape index (κ2) is 5.02. The lowest BCUT2D eigenvalue weighted by Crippen LogP contribution is -2.23. The van der Waals surface area contributed by atoms with Crippen LogP contribution in [0, 0.1) is 6.92 Å². The number of hydrogen-bond donors (Lipinski definition) is 1. The van der Waals surface area contributed by atoms with Gasteiger partial charge in [-0.3, -0.25) is 4.79 Å². The molecule has 0 atom stereocenters. The highest BCUT2D eigenvalue weighted by Crippen LogP contribution is 2.02. The average molecular weight is 242 g/mol. The van der Waals surface area contributed by atoms with Crippen molar-refractivity contribution < 1.29 is 4.79 Å². The van der Waals surface area contributed by atoms with E-state index in [2.05, 4.69) is 27.3 Å². The molecule has 0 fully saturated rings. The standard InChI is InChI=1S/C10H12BrNO/c1-8-3-2-4-9(5-8)7-12-10(13)6-11/h2-5H,6-7H2,1H3,(H,12,13). The van der Waals surface area contributed by atoms with Crippen molar-refractivity contribution in [3.05, 3.63) is 35.4 Å². The molecular formula is C10H12BrNO. The van der Waals surface area contributed by atoms with Crippen molar-refractivity contribution in [3.8, 4) is 0 Å². The number of halogens is 1. The Labute approximate surface area is 86.5 Å². The molecule has 1 amide bonds. The van der Waals surface area contributed by atoms with E-state index in [-0.39, 0.29) is 5.91 Å². The van der Waals surface area contributed by atoms with Gasteiger partial charge in [0.1, 0.15) is 0 Å². The Morgan fingerprint density at radius 1 is 1.54 bits per heavy atom. The highest BCUT2D eigenvalue weighted by molar-refractivity contribution is 9.09. The largest absolute Gasteiger partial charge is 0.351 e. The maximum Gasteiger partial charge on any atom is 0.230 e. The Morgan fingerprint density at radius 2 is 2.31 bits per heavy atom. The van der Waals surface area contributed by atoms with Crippen LogP contribution in [0.15, 0.2) is 24.3 Å². The number of carbonyl (C=O) groups is 1. The minimum absolute atomic E-state index is 0.0153. The summed E-state index contributed by atoms with van der Waals surface area (Å²) in [6.07, 6.45) is 0. The molecule has 0 bridgehead atoms. The van der Waals surface area contributed by atoms with Gasteiger partial charge in [0.15, 0.2) is 0 Å². The van der Waals surface area contributed by atoms with Crippen LogP contribution >= 0.6 is 15.9 Å². The van der Waals surface area contributed by atoms with Crippen LogP contribution in [0.5, 0.6) is 0 Å². The Morgan fingerprint density at radius 3 is 2.92 bits per heavy atom. The molecule has 13 heavy (non-hydrogen) atoms. The summed E-state index contributed by atoms with van der Waals surface area (Å²) in [5, 5.41) is 3.15. The van der Waals surface area contributed by atoms with Gasteiger partial charge in [-0.25, -0.2) is 0 Å². The third-order valence-electron chi connectivity index (χ3n) is 1.69. The van der Waals surface area contributed by atoms with Crippen LogP contribution < -0.4 is 5.32 Å². The average Bonchev–Trinajstić information content (AvgIpc) is 2.14.